The van der Waals surface area contributed by atoms with Crippen LogP contribution in [-0.2, 0) is 22.4 Å². The van der Waals surface area contributed by atoms with Crippen LogP contribution in [0.1, 0.15) is 50.5 Å². The third-order valence-corrected chi connectivity index (χ3v) is 6.47. The molecule has 0 aliphatic heterocycles. The van der Waals surface area contributed by atoms with Crippen molar-refractivity contribution >= 4 is 22.7 Å². The van der Waals surface area contributed by atoms with Crippen LogP contribution in [-0.4, -0.2) is 27.8 Å². The molecule has 0 saturated carbocycles. The summed E-state index contributed by atoms with van der Waals surface area (Å²) in [4.78, 5) is 29.2. The number of imidazole rings is 1. The first-order valence-corrected chi connectivity index (χ1v) is 12.4. The molecule has 180 valence electrons. The van der Waals surface area contributed by atoms with Crippen molar-refractivity contribution in [3.8, 4) is 11.1 Å². The SMILES string of the molecule is CC(=O)C(C)n1c(CCCCCNC(=O)Cc2ccc(-c3ccccc3)cc2)nc2ccccc21. The molecule has 1 atom stereocenters. The lowest BCUT2D eigenvalue weighted by Crippen LogP contribution is -2.26. The van der Waals surface area contributed by atoms with Crippen molar-refractivity contribution < 1.29 is 9.59 Å². The Morgan fingerprint density at radius 1 is 0.857 bits per heavy atom. The second kappa shape index (κ2) is 11.6. The van der Waals surface area contributed by atoms with Crippen LogP contribution in [0.4, 0.5) is 0 Å². The molecule has 1 amide bonds. The van der Waals surface area contributed by atoms with Crippen molar-refractivity contribution in [2.45, 2.75) is 52.0 Å². The number of hydrogen-bond donors (Lipinski definition) is 1. The normalized spacial score (nSPS) is 11.9. The minimum atomic E-state index is -0.224. The van der Waals surface area contributed by atoms with E-state index >= 15 is 0 Å². The molecule has 0 aliphatic carbocycles. The number of aromatic nitrogens is 2. The van der Waals surface area contributed by atoms with Crippen molar-refractivity contribution in [1.82, 2.24) is 14.9 Å². The highest BCUT2D eigenvalue weighted by Gasteiger charge is 2.18. The zero-order valence-electron chi connectivity index (χ0n) is 20.5. The number of nitrogens with one attached hydrogen (secondary N) is 1. The Bertz CT molecular complexity index is 1280. The van der Waals surface area contributed by atoms with E-state index < -0.39 is 0 Å². The second-order valence-corrected chi connectivity index (χ2v) is 9.07. The monoisotopic (exact) mass is 467 g/mol. The number of fused-ring (bicyclic) bond motifs is 1. The first-order chi connectivity index (χ1) is 17.0. The van der Waals surface area contributed by atoms with E-state index in [1.54, 1.807) is 6.92 Å². The van der Waals surface area contributed by atoms with Gasteiger partial charge >= 0.3 is 0 Å². The van der Waals surface area contributed by atoms with Gasteiger partial charge in [0.25, 0.3) is 0 Å². The number of amides is 1. The van der Waals surface area contributed by atoms with Crippen molar-refractivity contribution in [3.63, 3.8) is 0 Å². The Kier molecular flexibility index (Phi) is 8.09. The largest absolute Gasteiger partial charge is 0.356 e. The summed E-state index contributed by atoms with van der Waals surface area (Å²) in [6, 6.07) is 26.2. The van der Waals surface area contributed by atoms with Gasteiger partial charge in [-0.1, -0.05) is 73.2 Å². The van der Waals surface area contributed by atoms with Gasteiger partial charge in [-0.05, 0) is 55.5 Å². The van der Waals surface area contributed by atoms with Gasteiger partial charge in [-0.25, -0.2) is 4.98 Å². The molecular weight excluding hydrogens is 434 g/mol. The molecule has 0 radical (unpaired) electrons. The minimum Gasteiger partial charge on any atom is -0.356 e. The number of rotatable bonds is 11. The van der Waals surface area contributed by atoms with Crippen molar-refractivity contribution in [2.75, 3.05) is 6.54 Å². The standard InChI is InChI=1S/C30H33N3O2/c1-22(23(2)34)33-28-14-9-8-13-27(28)32-29(33)15-7-4-10-20-31-30(35)21-24-16-18-26(19-17-24)25-11-5-3-6-12-25/h3,5-6,8-9,11-14,16-19,22H,4,7,10,15,20-21H2,1-2H3,(H,31,35). The molecule has 1 heterocycles. The minimum absolute atomic E-state index is 0.0505. The van der Waals surface area contributed by atoms with Crippen LogP contribution in [0, 0.1) is 0 Å². The highest BCUT2D eigenvalue weighted by atomic mass is 16.1. The molecule has 1 N–H and O–H groups in total. The van der Waals surface area contributed by atoms with E-state index in [1.165, 1.54) is 5.56 Å². The van der Waals surface area contributed by atoms with E-state index in [-0.39, 0.29) is 17.7 Å². The van der Waals surface area contributed by atoms with Gasteiger partial charge in [-0.3, -0.25) is 9.59 Å². The molecule has 0 spiro atoms. The summed E-state index contributed by atoms with van der Waals surface area (Å²) >= 11 is 0. The fourth-order valence-electron chi connectivity index (χ4n) is 4.39. The van der Waals surface area contributed by atoms with E-state index in [0.29, 0.717) is 13.0 Å². The first kappa shape index (κ1) is 24.4. The molecule has 4 aromatic rings. The molecule has 5 heteroatoms. The van der Waals surface area contributed by atoms with Gasteiger partial charge in [0.05, 0.1) is 23.5 Å². The summed E-state index contributed by atoms with van der Waals surface area (Å²) in [5.74, 6) is 1.14. The van der Waals surface area contributed by atoms with E-state index in [9.17, 15) is 9.59 Å². The van der Waals surface area contributed by atoms with Crippen LogP contribution < -0.4 is 5.32 Å². The lowest BCUT2D eigenvalue weighted by molar-refractivity contribution is -0.120. The molecular formula is C30H33N3O2. The maximum absolute atomic E-state index is 12.3. The number of para-hydroxylation sites is 2. The first-order valence-electron chi connectivity index (χ1n) is 12.4. The zero-order valence-corrected chi connectivity index (χ0v) is 20.5. The summed E-state index contributed by atoms with van der Waals surface area (Å²) < 4.78 is 2.07. The number of unbranched alkanes of at least 4 members (excludes halogenated alkanes) is 2. The third kappa shape index (κ3) is 6.24. The number of ketones is 1. The Hall–Kier alpha value is -3.73. The smallest absolute Gasteiger partial charge is 0.224 e. The Balaban J connectivity index is 1.21. The summed E-state index contributed by atoms with van der Waals surface area (Å²) in [5.41, 5.74) is 5.28. The predicted octanol–water partition coefficient (Wildman–Crippen LogP) is 5.93. The van der Waals surface area contributed by atoms with Crippen LogP contribution in [0.5, 0.6) is 0 Å². The van der Waals surface area contributed by atoms with Gasteiger partial charge in [0.2, 0.25) is 5.91 Å². The average molecular weight is 468 g/mol. The molecule has 0 saturated heterocycles. The van der Waals surface area contributed by atoms with Crippen LogP contribution >= 0.6 is 0 Å². The number of aryl methyl sites for hydroxylation is 1. The molecule has 4 rings (SSSR count). The van der Waals surface area contributed by atoms with Crippen LogP contribution in [0.2, 0.25) is 0 Å². The highest BCUT2D eigenvalue weighted by molar-refractivity contribution is 5.84. The Morgan fingerprint density at radius 2 is 1.54 bits per heavy atom. The molecule has 0 fully saturated rings. The topological polar surface area (TPSA) is 64.0 Å². The molecule has 1 unspecified atom stereocenters. The van der Waals surface area contributed by atoms with Crippen molar-refractivity contribution in [3.05, 3.63) is 90.3 Å². The van der Waals surface area contributed by atoms with E-state index in [4.69, 9.17) is 4.98 Å². The van der Waals surface area contributed by atoms with Gasteiger partial charge in [0.1, 0.15) is 5.82 Å². The Morgan fingerprint density at radius 3 is 2.29 bits per heavy atom. The second-order valence-electron chi connectivity index (χ2n) is 9.07. The molecule has 0 bridgehead atoms. The van der Waals surface area contributed by atoms with Crippen LogP contribution in [0.15, 0.2) is 78.9 Å². The summed E-state index contributed by atoms with van der Waals surface area (Å²) in [5, 5.41) is 3.04. The fourth-order valence-corrected chi connectivity index (χ4v) is 4.39. The van der Waals surface area contributed by atoms with E-state index in [2.05, 4.69) is 34.1 Å². The third-order valence-electron chi connectivity index (χ3n) is 6.47. The maximum atomic E-state index is 12.3. The predicted molar refractivity (Wildman–Crippen MR) is 141 cm³/mol. The van der Waals surface area contributed by atoms with Gasteiger partial charge in [-0.15, -0.1) is 0 Å². The molecule has 5 nitrogen and oxygen atoms in total. The summed E-state index contributed by atoms with van der Waals surface area (Å²) in [6.45, 7) is 4.23. The number of hydrogen-bond acceptors (Lipinski definition) is 3. The fraction of sp³-hybridized carbons (Fsp3) is 0.300. The number of carbonyl (C=O) groups excluding carboxylic acids is 2. The molecule has 3 aromatic carbocycles. The van der Waals surface area contributed by atoms with Crippen molar-refractivity contribution in [2.24, 2.45) is 0 Å². The van der Waals surface area contributed by atoms with Gasteiger partial charge in [0, 0.05) is 13.0 Å². The number of nitrogens with zero attached hydrogens (tertiary/aromatic N) is 2. The lowest BCUT2D eigenvalue weighted by atomic mass is 10.0. The Labute approximate surface area is 207 Å². The maximum Gasteiger partial charge on any atom is 0.224 e. The van der Waals surface area contributed by atoms with Gasteiger partial charge in [0.15, 0.2) is 5.78 Å². The number of carbonyl (C=O) groups is 2. The van der Waals surface area contributed by atoms with E-state index in [0.717, 1.165) is 53.7 Å². The average Bonchev–Trinajstić information content (AvgIpc) is 3.24. The quantitative estimate of drug-likeness (QED) is 0.278. The number of benzene rings is 3. The van der Waals surface area contributed by atoms with E-state index in [1.807, 2.05) is 61.5 Å². The summed E-state index contributed by atoms with van der Waals surface area (Å²) in [7, 11) is 0. The van der Waals surface area contributed by atoms with Crippen molar-refractivity contribution in [1.29, 1.82) is 0 Å². The van der Waals surface area contributed by atoms with Crippen LogP contribution in [0.3, 0.4) is 0 Å². The molecule has 1 aromatic heterocycles. The lowest BCUT2D eigenvalue weighted by Gasteiger charge is -2.15. The van der Waals surface area contributed by atoms with Crippen LogP contribution in [0.25, 0.3) is 22.2 Å². The van der Waals surface area contributed by atoms with Gasteiger partial charge in [-0.2, -0.15) is 0 Å². The number of Topliss-reactive ketones (excluding diaryl/α,β-unsaturated/α-hetero) is 1. The highest BCUT2D eigenvalue weighted by Crippen LogP contribution is 2.23. The zero-order chi connectivity index (χ0) is 24.6. The molecule has 0 aliphatic rings. The summed E-state index contributed by atoms with van der Waals surface area (Å²) in [6.07, 6.45) is 4.08. The molecule has 35 heavy (non-hydrogen) atoms. The van der Waals surface area contributed by atoms with Gasteiger partial charge < -0.3 is 9.88 Å².